The highest BCUT2D eigenvalue weighted by molar-refractivity contribution is 5.69. The largest absolute Gasteiger partial charge is 0.444 e. The van der Waals surface area contributed by atoms with Gasteiger partial charge in [-0.1, -0.05) is 26.8 Å². The Bertz CT molecular complexity index is 641. The van der Waals surface area contributed by atoms with Gasteiger partial charge in [0.1, 0.15) is 5.60 Å². The second kappa shape index (κ2) is 6.00. The molecule has 4 heteroatoms. The number of amides is 1. The minimum Gasteiger partial charge on any atom is -0.444 e. The van der Waals surface area contributed by atoms with E-state index in [1.807, 2.05) is 25.7 Å². The van der Waals surface area contributed by atoms with Gasteiger partial charge in [0.05, 0.1) is 0 Å². The van der Waals surface area contributed by atoms with E-state index in [0.717, 1.165) is 19.5 Å². The molecule has 25 heavy (non-hydrogen) atoms. The fraction of sp³-hybridized carbons (Fsp3) is 0.714. The first-order chi connectivity index (χ1) is 11.5. The van der Waals surface area contributed by atoms with Crippen molar-refractivity contribution in [2.45, 2.75) is 71.8 Å². The van der Waals surface area contributed by atoms with Crippen molar-refractivity contribution >= 4 is 6.09 Å². The minimum atomic E-state index is -0.411. The third-order valence-corrected chi connectivity index (χ3v) is 5.22. The molecule has 3 rings (SSSR count). The maximum atomic E-state index is 12.1. The normalized spacial score (nSPS) is 20.2. The molecule has 1 aliphatic heterocycles. The van der Waals surface area contributed by atoms with Crippen LogP contribution in [0.1, 0.15) is 65.8 Å². The summed E-state index contributed by atoms with van der Waals surface area (Å²) >= 11 is 0. The first-order valence-electron chi connectivity index (χ1n) is 9.40. The lowest BCUT2D eigenvalue weighted by Gasteiger charge is -2.58. The standard InChI is InChI=1S/C21H32N2O2/c1-19(2,3)17-9-7-8-16(22-17)10-15-11-21(12-15)13-23(14-21)18(24)25-20(4,5)6/h7-9,15H,10-14H2,1-6H3. The van der Waals surface area contributed by atoms with Gasteiger partial charge in [0, 0.05) is 35.3 Å². The molecular weight excluding hydrogens is 312 g/mol. The molecule has 0 radical (unpaired) electrons. The summed E-state index contributed by atoms with van der Waals surface area (Å²) in [6.45, 7) is 14.1. The Morgan fingerprint density at radius 1 is 1.20 bits per heavy atom. The molecule has 1 saturated heterocycles. The van der Waals surface area contributed by atoms with Crippen molar-refractivity contribution in [3.05, 3.63) is 29.6 Å². The van der Waals surface area contributed by atoms with Crippen LogP contribution < -0.4 is 0 Å². The molecule has 138 valence electrons. The molecule has 1 aliphatic carbocycles. The van der Waals surface area contributed by atoms with E-state index >= 15 is 0 Å². The van der Waals surface area contributed by atoms with Gasteiger partial charge in [0.15, 0.2) is 0 Å². The number of carbonyl (C=O) groups is 1. The topological polar surface area (TPSA) is 42.4 Å². The van der Waals surface area contributed by atoms with E-state index < -0.39 is 5.60 Å². The van der Waals surface area contributed by atoms with E-state index in [1.54, 1.807) is 0 Å². The number of pyridine rings is 1. The number of hydrogen-bond acceptors (Lipinski definition) is 3. The predicted molar refractivity (Wildman–Crippen MR) is 99.6 cm³/mol. The van der Waals surface area contributed by atoms with Crippen LogP contribution in [-0.4, -0.2) is 34.7 Å². The SMILES string of the molecule is CC(C)(C)OC(=O)N1CC2(CC(Cc3cccc(C(C)(C)C)n3)C2)C1. The third-order valence-electron chi connectivity index (χ3n) is 5.22. The molecule has 1 aromatic rings. The van der Waals surface area contributed by atoms with Gasteiger partial charge < -0.3 is 9.64 Å². The highest BCUT2D eigenvalue weighted by Gasteiger charge is 2.54. The van der Waals surface area contributed by atoms with Crippen LogP contribution >= 0.6 is 0 Å². The molecule has 1 aromatic heterocycles. The lowest BCUT2D eigenvalue weighted by atomic mass is 9.57. The van der Waals surface area contributed by atoms with Crippen molar-refractivity contribution in [2.75, 3.05) is 13.1 Å². The molecule has 0 aromatic carbocycles. The lowest BCUT2D eigenvalue weighted by molar-refractivity contribution is -0.0949. The molecule has 0 unspecified atom stereocenters. The van der Waals surface area contributed by atoms with Crippen LogP contribution in [0.5, 0.6) is 0 Å². The fourth-order valence-electron chi connectivity index (χ4n) is 4.09. The number of ether oxygens (including phenoxy) is 1. The fourth-order valence-corrected chi connectivity index (χ4v) is 4.09. The first kappa shape index (κ1) is 18.2. The van der Waals surface area contributed by atoms with Crippen molar-refractivity contribution in [2.24, 2.45) is 11.3 Å². The molecule has 0 atom stereocenters. The van der Waals surface area contributed by atoms with Gasteiger partial charge in [-0.25, -0.2) is 4.79 Å². The van der Waals surface area contributed by atoms with E-state index in [-0.39, 0.29) is 11.5 Å². The van der Waals surface area contributed by atoms with E-state index in [0.29, 0.717) is 11.3 Å². The Morgan fingerprint density at radius 2 is 1.84 bits per heavy atom. The Kier molecular flexibility index (Phi) is 4.37. The Hall–Kier alpha value is -1.58. The Balaban J connectivity index is 1.48. The van der Waals surface area contributed by atoms with Gasteiger partial charge >= 0.3 is 6.09 Å². The monoisotopic (exact) mass is 344 g/mol. The summed E-state index contributed by atoms with van der Waals surface area (Å²) in [5.74, 6) is 0.698. The average Bonchev–Trinajstić information content (AvgIpc) is 2.37. The zero-order valence-electron chi connectivity index (χ0n) is 16.6. The zero-order valence-corrected chi connectivity index (χ0v) is 16.6. The van der Waals surface area contributed by atoms with Gasteiger partial charge in [-0.2, -0.15) is 0 Å². The predicted octanol–water partition coefficient (Wildman–Crippen LogP) is 4.57. The van der Waals surface area contributed by atoms with Crippen LogP contribution in [0.15, 0.2) is 18.2 Å². The first-order valence-corrected chi connectivity index (χ1v) is 9.40. The number of carbonyl (C=O) groups excluding carboxylic acids is 1. The number of likely N-dealkylation sites (tertiary alicyclic amines) is 1. The number of rotatable bonds is 2. The Morgan fingerprint density at radius 3 is 2.40 bits per heavy atom. The summed E-state index contributed by atoms with van der Waals surface area (Å²) in [6.07, 6.45) is 3.29. The zero-order chi connectivity index (χ0) is 18.5. The summed E-state index contributed by atoms with van der Waals surface area (Å²) in [6, 6.07) is 6.40. The molecule has 0 bridgehead atoms. The molecule has 0 N–H and O–H groups in total. The number of hydrogen-bond donors (Lipinski definition) is 0. The maximum absolute atomic E-state index is 12.1. The summed E-state index contributed by atoms with van der Waals surface area (Å²) in [5, 5.41) is 0. The third kappa shape index (κ3) is 4.16. The van der Waals surface area contributed by atoms with Gasteiger partial charge in [0.2, 0.25) is 0 Å². The molecule has 2 heterocycles. The van der Waals surface area contributed by atoms with Crippen LogP contribution in [-0.2, 0) is 16.6 Å². The van der Waals surface area contributed by atoms with Crippen LogP contribution in [0.3, 0.4) is 0 Å². The quantitative estimate of drug-likeness (QED) is 0.789. The molecule has 4 nitrogen and oxygen atoms in total. The van der Waals surface area contributed by atoms with Crippen LogP contribution in [0.4, 0.5) is 4.79 Å². The molecule has 1 saturated carbocycles. The average molecular weight is 344 g/mol. The van der Waals surface area contributed by atoms with Gasteiger partial charge in [-0.05, 0) is 58.1 Å². The van der Waals surface area contributed by atoms with Crippen LogP contribution in [0, 0.1) is 11.3 Å². The van der Waals surface area contributed by atoms with Crippen molar-refractivity contribution in [1.29, 1.82) is 0 Å². The molecule has 2 fully saturated rings. The smallest absolute Gasteiger partial charge is 0.410 e. The van der Waals surface area contributed by atoms with Crippen molar-refractivity contribution in [3.63, 3.8) is 0 Å². The molecule has 1 spiro atoms. The Labute approximate surface area is 152 Å². The van der Waals surface area contributed by atoms with E-state index in [2.05, 4.69) is 39.0 Å². The molecule has 2 aliphatic rings. The van der Waals surface area contributed by atoms with Gasteiger partial charge in [-0.15, -0.1) is 0 Å². The van der Waals surface area contributed by atoms with E-state index in [9.17, 15) is 4.79 Å². The molecular formula is C21H32N2O2. The summed E-state index contributed by atoms with van der Waals surface area (Å²) in [5.41, 5.74) is 2.41. The summed E-state index contributed by atoms with van der Waals surface area (Å²) in [4.78, 5) is 18.8. The van der Waals surface area contributed by atoms with E-state index in [1.165, 1.54) is 24.2 Å². The summed E-state index contributed by atoms with van der Waals surface area (Å²) < 4.78 is 5.45. The second-order valence-corrected chi connectivity index (χ2v) is 10.1. The summed E-state index contributed by atoms with van der Waals surface area (Å²) in [7, 11) is 0. The highest BCUT2D eigenvalue weighted by Crippen LogP contribution is 2.53. The van der Waals surface area contributed by atoms with Gasteiger partial charge in [-0.3, -0.25) is 4.98 Å². The second-order valence-electron chi connectivity index (χ2n) is 10.1. The lowest BCUT2D eigenvalue weighted by Crippen LogP contribution is -2.64. The number of aromatic nitrogens is 1. The van der Waals surface area contributed by atoms with Gasteiger partial charge in [0.25, 0.3) is 0 Å². The van der Waals surface area contributed by atoms with Crippen molar-refractivity contribution in [3.8, 4) is 0 Å². The minimum absolute atomic E-state index is 0.0960. The van der Waals surface area contributed by atoms with Crippen LogP contribution in [0.2, 0.25) is 0 Å². The van der Waals surface area contributed by atoms with Crippen molar-refractivity contribution in [1.82, 2.24) is 9.88 Å². The van der Waals surface area contributed by atoms with E-state index in [4.69, 9.17) is 9.72 Å². The molecule has 1 amide bonds. The highest BCUT2D eigenvalue weighted by atomic mass is 16.6. The van der Waals surface area contributed by atoms with Crippen molar-refractivity contribution < 1.29 is 9.53 Å². The van der Waals surface area contributed by atoms with Crippen LogP contribution in [0.25, 0.3) is 0 Å². The number of nitrogens with zero attached hydrogens (tertiary/aromatic N) is 2. The maximum Gasteiger partial charge on any atom is 0.410 e.